The first-order valence-corrected chi connectivity index (χ1v) is 7.17. The smallest absolute Gasteiger partial charge is 0.323 e. The maximum absolute atomic E-state index is 12.0. The summed E-state index contributed by atoms with van der Waals surface area (Å²) in [6, 6.07) is 1.99. The van der Waals surface area contributed by atoms with Crippen LogP contribution in [0.15, 0.2) is 17.5 Å². The summed E-state index contributed by atoms with van der Waals surface area (Å²) in [4.78, 5) is 25.3. The van der Waals surface area contributed by atoms with E-state index in [4.69, 9.17) is 5.11 Å². The highest BCUT2D eigenvalue weighted by Crippen LogP contribution is 2.29. The minimum absolute atomic E-state index is 0.219. The van der Waals surface area contributed by atoms with Gasteiger partial charge in [0.1, 0.15) is 6.54 Å². The lowest BCUT2D eigenvalue weighted by molar-refractivity contribution is -0.142. The third-order valence-corrected chi connectivity index (χ3v) is 4.08. The van der Waals surface area contributed by atoms with Gasteiger partial charge in [0.25, 0.3) is 0 Å². The highest BCUT2D eigenvalue weighted by atomic mass is 32.1. The van der Waals surface area contributed by atoms with Gasteiger partial charge in [0, 0.05) is 17.5 Å². The Morgan fingerprint density at radius 2 is 2.26 bits per heavy atom. The van der Waals surface area contributed by atoms with Gasteiger partial charge in [0.15, 0.2) is 0 Å². The molecule has 1 heterocycles. The van der Waals surface area contributed by atoms with Crippen LogP contribution >= 0.6 is 11.3 Å². The summed E-state index contributed by atoms with van der Waals surface area (Å²) in [5, 5.41) is 10.8. The molecule has 1 fully saturated rings. The summed E-state index contributed by atoms with van der Waals surface area (Å²) in [6.07, 6.45) is 5.43. The summed E-state index contributed by atoms with van der Waals surface area (Å²) < 4.78 is 0. The molecule has 4 nitrogen and oxygen atoms in total. The Bertz CT molecular complexity index is 503. The van der Waals surface area contributed by atoms with Crippen molar-refractivity contribution in [3.63, 3.8) is 0 Å². The van der Waals surface area contributed by atoms with Gasteiger partial charge in [-0.3, -0.25) is 9.59 Å². The number of thiophene rings is 1. The van der Waals surface area contributed by atoms with Crippen LogP contribution in [0.2, 0.25) is 0 Å². The lowest BCUT2D eigenvalue weighted by Crippen LogP contribution is -2.36. The van der Waals surface area contributed by atoms with Gasteiger partial charge in [-0.2, -0.15) is 0 Å². The molecule has 0 atom stereocenters. The molecule has 0 radical (unpaired) electrons. The molecule has 1 saturated carbocycles. The molecule has 2 rings (SSSR count). The Morgan fingerprint density at radius 1 is 1.53 bits per heavy atom. The van der Waals surface area contributed by atoms with Crippen LogP contribution in [0.1, 0.15) is 23.3 Å². The summed E-state index contributed by atoms with van der Waals surface area (Å²) >= 11 is 1.57. The molecule has 1 N–H and O–H groups in total. The monoisotopic (exact) mass is 279 g/mol. The van der Waals surface area contributed by atoms with Crippen LogP contribution < -0.4 is 0 Å². The molecule has 0 saturated heterocycles. The van der Waals surface area contributed by atoms with Crippen molar-refractivity contribution in [3.05, 3.63) is 28.0 Å². The van der Waals surface area contributed by atoms with Crippen LogP contribution in [0.4, 0.5) is 0 Å². The first-order chi connectivity index (χ1) is 9.06. The molecule has 1 aliphatic rings. The standard InChI is InChI=1S/C14H17NO3S/c1-10-6-7-19-12(10)4-5-13(16)15(9-14(17)18)8-11-2-3-11/h4-7,11H,2-3,8-9H2,1H3,(H,17,18)/b5-4+. The molecule has 1 aromatic rings. The van der Waals surface area contributed by atoms with Gasteiger partial charge in [-0.1, -0.05) is 0 Å². The maximum atomic E-state index is 12.0. The fourth-order valence-corrected chi connectivity index (χ4v) is 2.63. The van der Waals surface area contributed by atoms with Gasteiger partial charge in [-0.25, -0.2) is 0 Å². The van der Waals surface area contributed by atoms with Crippen molar-refractivity contribution in [2.45, 2.75) is 19.8 Å². The molecule has 0 spiro atoms. The average molecular weight is 279 g/mol. The van der Waals surface area contributed by atoms with Crippen LogP contribution in [0.25, 0.3) is 6.08 Å². The van der Waals surface area contributed by atoms with E-state index in [2.05, 4.69) is 0 Å². The number of nitrogens with zero attached hydrogens (tertiary/aromatic N) is 1. The number of rotatable bonds is 6. The lowest BCUT2D eigenvalue weighted by atomic mass is 10.2. The van der Waals surface area contributed by atoms with Crippen LogP contribution in [0.3, 0.4) is 0 Å². The van der Waals surface area contributed by atoms with E-state index in [1.165, 1.54) is 11.0 Å². The molecule has 1 aliphatic carbocycles. The van der Waals surface area contributed by atoms with Gasteiger partial charge in [0.05, 0.1) is 0 Å². The predicted octanol–water partition coefficient (Wildman–Crippen LogP) is 2.39. The molecule has 19 heavy (non-hydrogen) atoms. The van der Waals surface area contributed by atoms with E-state index in [9.17, 15) is 9.59 Å². The molecule has 102 valence electrons. The van der Waals surface area contributed by atoms with Crippen molar-refractivity contribution in [1.82, 2.24) is 4.90 Å². The van der Waals surface area contributed by atoms with Gasteiger partial charge < -0.3 is 10.0 Å². The number of amides is 1. The van der Waals surface area contributed by atoms with Crippen molar-refractivity contribution in [1.29, 1.82) is 0 Å². The molecular formula is C14H17NO3S. The van der Waals surface area contributed by atoms with E-state index >= 15 is 0 Å². The fraction of sp³-hybridized carbons (Fsp3) is 0.429. The molecule has 1 aromatic heterocycles. The third kappa shape index (κ3) is 4.21. The SMILES string of the molecule is Cc1ccsc1/C=C/C(=O)N(CC(=O)O)CC1CC1. The highest BCUT2D eigenvalue weighted by molar-refractivity contribution is 7.11. The number of aryl methyl sites for hydroxylation is 1. The van der Waals surface area contributed by atoms with Crippen molar-refractivity contribution in [2.24, 2.45) is 5.92 Å². The largest absolute Gasteiger partial charge is 0.480 e. The molecule has 0 aliphatic heterocycles. The minimum Gasteiger partial charge on any atom is -0.480 e. The van der Waals surface area contributed by atoms with Gasteiger partial charge in [0.2, 0.25) is 5.91 Å². The number of carboxylic acid groups (broad SMARTS) is 1. The van der Waals surface area contributed by atoms with E-state index in [0.29, 0.717) is 12.5 Å². The highest BCUT2D eigenvalue weighted by Gasteiger charge is 2.27. The molecule has 0 bridgehead atoms. The van der Waals surface area contributed by atoms with Gasteiger partial charge >= 0.3 is 5.97 Å². The van der Waals surface area contributed by atoms with E-state index in [-0.39, 0.29) is 12.5 Å². The number of hydrogen-bond donors (Lipinski definition) is 1. The van der Waals surface area contributed by atoms with Crippen LogP contribution in [0, 0.1) is 12.8 Å². The zero-order valence-electron chi connectivity index (χ0n) is 10.8. The zero-order valence-corrected chi connectivity index (χ0v) is 11.7. The third-order valence-electron chi connectivity index (χ3n) is 3.09. The fourth-order valence-electron chi connectivity index (χ4n) is 1.82. The van der Waals surface area contributed by atoms with Crippen LogP contribution in [-0.4, -0.2) is 35.0 Å². The van der Waals surface area contributed by atoms with Crippen molar-refractivity contribution in [3.8, 4) is 0 Å². The van der Waals surface area contributed by atoms with E-state index in [1.54, 1.807) is 17.4 Å². The zero-order chi connectivity index (χ0) is 13.8. The topological polar surface area (TPSA) is 57.6 Å². The number of carboxylic acids is 1. The number of aliphatic carboxylic acids is 1. The van der Waals surface area contributed by atoms with Crippen molar-refractivity contribution >= 4 is 29.3 Å². The Morgan fingerprint density at radius 3 is 2.79 bits per heavy atom. The number of carbonyl (C=O) groups is 2. The van der Waals surface area contributed by atoms with Crippen molar-refractivity contribution in [2.75, 3.05) is 13.1 Å². The second kappa shape index (κ2) is 6.02. The van der Waals surface area contributed by atoms with Crippen LogP contribution in [0.5, 0.6) is 0 Å². The van der Waals surface area contributed by atoms with Crippen molar-refractivity contribution < 1.29 is 14.7 Å². The van der Waals surface area contributed by atoms with Gasteiger partial charge in [-0.05, 0) is 48.8 Å². The summed E-state index contributed by atoms with van der Waals surface area (Å²) in [7, 11) is 0. The second-order valence-corrected chi connectivity index (χ2v) is 5.80. The Kier molecular flexibility index (Phi) is 4.37. The Balaban J connectivity index is 1.99. The summed E-state index contributed by atoms with van der Waals surface area (Å²) in [5.41, 5.74) is 1.13. The first kappa shape index (κ1) is 13.8. The molecule has 1 amide bonds. The Hall–Kier alpha value is -1.62. The first-order valence-electron chi connectivity index (χ1n) is 6.29. The quantitative estimate of drug-likeness (QED) is 0.813. The molecular weight excluding hydrogens is 262 g/mol. The lowest BCUT2D eigenvalue weighted by Gasteiger charge is -2.18. The van der Waals surface area contributed by atoms with Crippen LogP contribution in [-0.2, 0) is 9.59 Å². The van der Waals surface area contributed by atoms with Gasteiger partial charge in [-0.15, -0.1) is 11.3 Å². The normalized spacial score (nSPS) is 14.8. The minimum atomic E-state index is -0.963. The van der Waals surface area contributed by atoms with E-state index in [1.807, 2.05) is 18.4 Å². The van der Waals surface area contributed by atoms with E-state index < -0.39 is 5.97 Å². The second-order valence-electron chi connectivity index (χ2n) is 4.86. The van der Waals surface area contributed by atoms with E-state index in [0.717, 1.165) is 23.3 Å². The molecule has 0 unspecified atom stereocenters. The predicted molar refractivity (Wildman–Crippen MR) is 75.0 cm³/mol. The summed E-state index contributed by atoms with van der Waals surface area (Å²) in [5.74, 6) is -0.697. The number of carbonyl (C=O) groups excluding carboxylic acids is 1. The molecule has 5 heteroatoms. The number of hydrogen-bond acceptors (Lipinski definition) is 3. The summed E-state index contributed by atoms with van der Waals surface area (Å²) in [6.45, 7) is 2.32. The average Bonchev–Trinajstić information content (AvgIpc) is 3.07. The Labute approximate surface area is 116 Å². The maximum Gasteiger partial charge on any atom is 0.323 e. The molecule has 0 aromatic carbocycles.